The Morgan fingerprint density at radius 3 is 3.00 bits per heavy atom. The van der Waals surface area contributed by atoms with Crippen LogP contribution >= 0.6 is 0 Å². The van der Waals surface area contributed by atoms with Gasteiger partial charge in [-0.2, -0.15) is 5.10 Å². The van der Waals surface area contributed by atoms with Gasteiger partial charge in [0.1, 0.15) is 12.3 Å². The number of anilines is 1. The largest absolute Gasteiger partial charge is 0.493 e. The van der Waals surface area contributed by atoms with Crippen LogP contribution < -0.4 is 10.1 Å². The van der Waals surface area contributed by atoms with Crippen LogP contribution in [0.3, 0.4) is 0 Å². The molecule has 1 N–H and O–H groups in total. The number of fused-ring (bicyclic) bond motifs is 1. The molecule has 0 atom stereocenters. The first-order valence-electron chi connectivity index (χ1n) is 6.68. The highest BCUT2D eigenvalue weighted by atomic mass is 16.5. The molecule has 1 amide bonds. The Bertz CT molecular complexity index is 661. The van der Waals surface area contributed by atoms with E-state index in [0.29, 0.717) is 0 Å². The molecule has 0 radical (unpaired) electrons. The number of aromatic nitrogens is 2. The zero-order valence-corrected chi connectivity index (χ0v) is 11.6. The van der Waals surface area contributed by atoms with Gasteiger partial charge in [-0.3, -0.25) is 9.48 Å². The van der Waals surface area contributed by atoms with Gasteiger partial charge >= 0.3 is 0 Å². The number of carbonyl (C=O) groups is 1. The molecule has 1 aliphatic rings. The molecular weight excluding hydrogens is 254 g/mol. The van der Waals surface area contributed by atoms with Crippen LogP contribution in [0.15, 0.2) is 24.3 Å². The van der Waals surface area contributed by atoms with Crippen molar-refractivity contribution in [2.75, 3.05) is 11.9 Å². The zero-order valence-electron chi connectivity index (χ0n) is 11.6. The van der Waals surface area contributed by atoms with Crippen LogP contribution in [0.4, 0.5) is 5.69 Å². The number of ether oxygens (including phenoxy) is 1. The Balaban J connectivity index is 1.68. The van der Waals surface area contributed by atoms with E-state index in [1.165, 1.54) is 0 Å². The quantitative estimate of drug-likeness (QED) is 0.929. The third-order valence-corrected chi connectivity index (χ3v) is 3.37. The molecule has 0 fully saturated rings. The van der Waals surface area contributed by atoms with Gasteiger partial charge < -0.3 is 10.1 Å². The van der Waals surface area contributed by atoms with Gasteiger partial charge in [0.25, 0.3) is 0 Å². The molecule has 1 aromatic heterocycles. The predicted octanol–water partition coefficient (Wildman–Crippen LogP) is 2.07. The van der Waals surface area contributed by atoms with E-state index in [1.54, 1.807) is 4.68 Å². The molecular formula is C15H17N3O2. The molecule has 0 spiro atoms. The summed E-state index contributed by atoms with van der Waals surface area (Å²) in [6.07, 6.45) is 0.899. The molecule has 0 unspecified atom stereocenters. The van der Waals surface area contributed by atoms with Gasteiger partial charge in [-0.05, 0) is 43.7 Å². The van der Waals surface area contributed by atoms with E-state index in [-0.39, 0.29) is 12.5 Å². The third kappa shape index (κ3) is 2.52. The van der Waals surface area contributed by atoms with Crippen molar-refractivity contribution in [3.05, 3.63) is 41.2 Å². The lowest BCUT2D eigenvalue weighted by atomic mass is 10.1. The summed E-state index contributed by atoms with van der Waals surface area (Å²) in [5, 5.41) is 7.19. The first-order chi connectivity index (χ1) is 9.61. The molecule has 0 bridgehead atoms. The fraction of sp³-hybridized carbons (Fsp3) is 0.333. The van der Waals surface area contributed by atoms with Crippen molar-refractivity contribution in [3.8, 4) is 5.75 Å². The molecule has 1 aliphatic heterocycles. The topological polar surface area (TPSA) is 56.2 Å². The number of nitrogens with one attached hydrogen (secondary N) is 1. The second-order valence-electron chi connectivity index (χ2n) is 5.05. The number of carbonyl (C=O) groups excluding carboxylic acids is 1. The average Bonchev–Trinajstić information content (AvgIpc) is 2.96. The predicted molar refractivity (Wildman–Crippen MR) is 76.0 cm³/mol. The van der Waals surface area contributed by atoms with E-state index in [2.05, 4.69) is 10.4 Å². The maximum absolute atomic E-state index is 12.0. The minimum atomic E-state index is -0.0740. The van der Waals surface area contributed by atoms with E-state index in [9.17, 15) is 4.79 Å². The number of nitrogens with zero attached hydrogens (tertiary/aromatic N) is 2. The Morgan fingerprint density at radius 2 is 2.25 bits per heavy atom. The van der Waals surface area contributed by atoms with Gasteiger partial charge in [0.2, 0.25) is 5.91 Å². The van der Waals surface area contributed by atoms with E-state index in [4.69, 9.17) is 4.74 Å². The van der Waals surface area contributed by atoms with Crippen molar-refractivity contribution in [2.24, 2.45) is 0 Å². The van der Waals surface area contributed by atoms with Crippen molar-refractivity contribution >= 4 is 11.6 Å². The normalized spacial score (nSPS) is 12.9. The lowest BCUT2D eigenvalue weighted by molar-refractivity contribution is -0.116. The van der Waals surface area contributed by atoms with Crippen molar-refractivity contribution in [1.82, 2.24) is 9.78 Å². The van der Waals surface area contributed by atoms with Crippen molar-refractivity contribution < 1.29 is 9.53 Å². The summed E-state index contributed by atoms with van der Waals surface area (Å²) in [5.41, 5.74) is 3.86. The summed E-state index contributed by atoms with van der Waals surface area (Å²) in [6, 6.07) is 7.70. The Morgan fingerprint density at radius 1 is 1.40 bits per heavy atom. The Kier molecular flexibility index (Phi) is 3.18. The molecule has 2 aromatic rings. The van der Waals surface area contributed by atoms with Gasteiger partial charge in [0.05, 0.1) is 12.3 Å². The van der Waals surface area contributed by atoms with Gasteiger partial charge in [-0.15, -0.1) is 0 Å². The number of benzene rings is 1. The molecule has 2 heterocycles. The van der Waals surface area contributed by atoms with Crippen LogP contribution in [0, 0.1) is 13.8 Å². The van der Waals surface area contributed by atoms with E-state index < -0.39 is 0 Å². The number of aryl methyl sites for hydroxylation is 2. The van der Waals surface area contributed by atoms with Crippen LogP contribution in [0.1, 0.15) is 17.0 Å². The van der Waals surface area contributed by atoms with E-state index in [1.807, 2.05) is 38.1 Å². The highest BCUT2D eigenvalue weighted by Gasteiger charge is 2.13. The highest BCUT2D eigenvalue weighted by Crippen LogP contribution is 2.27. The lowest BCUT2D eigenvalue weighted by Gasteiger charge is -2.08. The zero-order chi connectivity index (χ0) is 14.1. The minimum Gasteiger partial charge on any atom is -0.493 e. The van der Waals surface area contributed by atoms with Gasteiger partial charge in [0.15, 0.2) is 0 Å². The van der Waals surface area contributed by atoms with Crippen LogP contribution in [0.2, 0.25) is 0 Å². The van der Waals surface area contributed by atoms with E-state index >= 15 is 0 Å². The molecule has 20 heavy (non-hydrogen) atoms. The molecule has 0 saturated heterocycles. The third-order valence-electron chi connectivity index (χ3n) is 3.37. The monoisotopic (exact) mass is 271 g/mol. The fourth-order valence-corrected chi connectivity index (χ4v) is 2.44. The van der Waals surface area contributed by atoms with Crippen LogP contribution in [-0.2, 0) is 17.8 Å². The van der Waals surface area contributed by atoms with Gasteiger partial charge in [-0.25, -0.2) is 0 Å². The second-order valence-corrected chi connectivity index (χ2v) is 5.05. The Hall–Kier alpha value is -2.30. The van der Waals surface area contributed by atoms with Crippen LogP contribution in [-0.4, -0.2) is 22.3 Å². The summed E-state index contributed by atoms with van der Waals surface area (Å²) >= 11 is 0. The summed E-state index contributed by atoms with van der Waals surface area (Å²) in [5.74, 6) is 0.844. The number of hydrogen-bond donors (Lipinski definition) is 1. The van der Waals surface area contributed by atoms with Crippen molar-refractivity contribution in [3.63, 3.8) is 0 Å². The maximum atomic E-state index is 12.0. The summed E-state index contributed by atoms with van der Waals surface area (Å²) in [7, 11) is 0. The molecule has 5 heteroatoms. The SMILES string of the molecule is Cc1cc(C)n(CC(=O)Nc2ccc3c(c2)CCO3)n1. The maximum Gasteiger partial charge on any atom is 0.246 e. The number of amides is 1. The molecule has 0 saturated carbocycles. The molecule has 3 rings (SSSR count). The molecule has 104 valence electrons. The summed E-state index contributed by atoms with van der Waals surface area (Å²) in [4.78, 5) is 12.0. The van der Waals surface area contributed by atoms with Crippen molar-refractivity contribution in [2.45, 2.75) is 26.8 Å². The lowest BCUT2D eigenvalue weighted by Crippen LogP contribution is -2.20. The van der Waals surface area contributed by atoms with Crippen molar-refractivity contribution in [1.29, 1.82) is 0 Å². The van der Waals surface area contributed by atoms with Crippen LogP contribution in [0.25, 0.3) is 0 Å². The van der Waals surface area contributed by atoms with Gasteiger partial charge in [0, 0.05) is 17.8 Å². The summed E-state index contributed by atoms with van der Waals surface area (Å²) in [6.45, 7) is 4.81. The average molecular weight is 271 g/mol. The highest BCUT2D eigenvalue weighted by molar-refractivity contribution is 5.90. The van der Waals surface area contributed by atoms with Gasteiger partial charge in [-0.1, -0.05) is 0 Å². The standard InChI is InChI=1S/C15H17N3O2/c1-10-7-11(2)18(17-10)9-15(19)16-13-3-4-14-12(8-13)5-6-20-14/h3-4,7-8H,5-6,9H2,1-2H3,(H,16,19). The van der Waals surface area contributed by atoms with E-state index in [0.717, 1.165) is 41.4 Å². The van der Waals surface area contributed by atoms with Crippen LogP contribution in [0.5, 0.6) is 5.75 Å². The smallest absolute Gasteiger partial charge is 0.246 e. The first-order valence-corrected chi connectivity index (χ1v) is 6.68. The summed E-state index contributed by atoms with van der Waals surface area (Å²) < 4.78 is 7.16. The second kappa shape index (κ2) is 5.00. The number of rotatable bonds is 3. The molecule has 1 aromatic carbocycles. The fourth-order valence-electron chi connectivity index (χ4n) is 2.44. The Labute approximate surface area is 117 Å². The first kappa shape index (κ1) is 12.7. The molecule has 0 aliphatic carbocycles. The number of hydrogen-bond acceptors (Lipinski definition) is 3. The minimum absolute atomic E-state index is 0.0740. The molecule has 5 nitrogen and oxygen atoms in total.